The third kappa shape index (κ3) is 5.89. The summed E-state index contributed by atoms with van der Waals surface area (Å²) < 4.78 is 0. The lowest BCUT2D eigenvalue weighted by molar-refractivity contribution is -0.131. The molecule has 0 spiro atoms. The van der Waals surface area contributed by atoms with Crippen molar-refractivity contribution in [1.82, 2.24) is 10.2 Å². The van der Waals surface area contributed by atoms with Gasteiger partial charge in [0, 0.05) is 24.3 Å². The number of carbonyl (C=O) groups is 3. The largest absolute Gasteiger partial charge is 0.342 e. The molecule has 0 fully saturated rings. The Labute approximate surface area is 217 Å². The summed E-state index contributed by atoms with van der Waals surface area (Å²) in [6.07, 6.45) is 1.77. The number of rotatable bonds is 7. The lowest BCUT2D eigenvalue weighted by Crippen LogP contribution is -2.51. The molecule has 0 aromatic heterocycles. The highest BCUT2D eigenvalue weighted by molar-refractivity contribution is 6.09. The number of urea groups is 1. The van der Waals surface area contributed by atoms with Gasteiger partial charge in [0.1, 0.15) is 12.6 Å². The fraction of sp³-hybridized carbons (Fsp3) is 0.233. The van der Waals surface area contributed by atoms with Crippen LogP contribution >= 0.6 is 0 Å². The van der Waals surface area contributed by atoms with Crippen LogP contribution in [0.15, 0.2) is 84.9 Å². The maximum atomic E-state index is 13.9. The molecule has 0 bridgehead atoms. The Balaban J connectivity index is 1.74. The van der Waals surface area contributed by atoms with Crippen molar-refractivity contribution in [3.63, 3.8) is 0 Å². The van der Waals surface area contributed by atoms with Crippen molar-refractivity contribution in [2.45, 2.75) is 26.8 Å². The number of anilines is 2. The summed E-state index contributed by atoms with van der Waals surface area (Å²) in [5.74, 6) is -0.530. The molecule has 4 amide bonds. The van der Waals surface area contributed by atoms with Crippen LogP contribution < -0.4 is 15.5 Å². The molecule has 1 atom stereocenters. The Bertz CT molecular complexity index is 1320. The Morgan fingerprint density at radius 3 is 2.32 bits per heavy atom. The van der Waals surface area contributed by atoms with Crippen molar-refractivity contribution in [3.05, 3.63) is 102 Å². The van der Waals surface area contributed by atoms with Crippen molar-refractivity contribution in [3.8, 4) is 0 Å². The van der Waals surface area contributed by atoms with Gasteiger partial charge in [0.25, 0.3) is 5.91 Å². The molecule has 4 rings (SSSR count). The summed E-state index contributed by atoms with van der Waals surface area (Å²) in [6, 6.07) is 23.2. The number of fused-ring (bicyclic) bond motifs is 1. The van der Waals surface area contributed by atoms with Crippen molar-refractivity contribution in [2.75, 3.05) is 29.9 Å². The molecule has 0 radical (unpaired) electrons. The molecule has 7 heteroatoms. The van der Waals surface area contributed by atoms with Gasteiger partial charge in [0.2, 0.25) is 5.91 Å². The van der Waals surface area contributed by atoms with Crippen LogP contribution in [0, 0.1) is 6.92 Å². The van der Waals surface area contributed by atoms with Crippen molar-refractivity contribution < 1.29 is 14.4 Å². The molecule has 0 saturated heterocycles. The van der Waals surface area contributed by atoms with Crippen LogP contribution in [0.1, 0.15) is 30.5 Å². The number of likely N-dealkylation sites (N-methyl/N-ethyl adjacent to an activating group) is 1. The number of para-hydroxylation sites is 1. The number of aryl methyl sites for hydroxylation is 1. The Kier molecular flexibility index (Phi) is 8.03. The SMILES string of the molecule is CCN(CC)C(=O)CN1C(=O)C(NC(=O)Nc2cccc(C)c2)C=C(c2ccccc2)c2ccccc21. The first-order valence-electron chi connectivity index (χ1n) is 12.5. The molecule has 0 aliphatic carbocycles. The molecule has 3 aromatic rings. The summed E-state index contributed by atoms with van der Waals surface area (Å²) in [4.78, 5) is 43.2. The van der Waals surface area contributed by atoms with Crippen molar-refractivity contribution in [2.24, 2.45) is 0 Å². The smallest absolute Gasteiger partial charge is 0.320 e. The van der Waals surface area contributed by atoms with Crippen LogP contribution in [0.4, 0.5) is 16.2 Å². The maximum Gasteiger partial charge on any atom is 0.320 e. The first kappa shape index (κ1) is 25.7. The predicted octanol–water partition coefficient (Wildman–Crippen LogP) is 4.83. The van der Waals surface area contributed by atoms with Gasteiger partial charge in [0.05, 0.1) is 5.69 Å². The summed E-state index contributed by atoms with van der Waals surface area (Å²) >= 11 is 0. The minimum atomic E-state index is -0.989. The first-order valence-corrected chi connectivity index (χ1v) is 12.5. The number of carbonyl (C=O) groups excluding carboxylic acids is 3. The number of benzene rings is 3. The molecule has 1 unspecified atom stereocenters. The average molecular weight is 497 g/mol. The zero-order chi connectivity index (χ0) is 26.4. The third-order valence-electron chi connectivity index (χ3n) is 6.41. The molecule has 190 valence electrons. The third-order valence-corrected chi connectivity index (χ3v) is 6.41. The number of hydrogen-bond acceptors (Lipinski definition) is 3. The van der Waals surface area contributed by atoms with E-state index in [2.05, 4.69) is 10.6 Å². The van der Waals surface area contributed by atoms with Crippen LogP contribution in [-0.4, -0.2) is 48.4 Å². The predicted molar refractivity (Wildman–Crippen MR) is 147 cm³/mol. The van der Waals surface area contributed by atoms with Gasteiger partial charge in [-0.25, -0.2) is 4.79 Å². The normalized spacial score (nSPS) is 14.8. The fourth-order valence-electron chi connectivity index (χ4n) is 4.53. The van der Waals surface area contributed by atoms with E-state index >= 15 is 0 Å². The molecule has 1 aliphatic rings. The van der Waals surface area contributed by atoms with Crippen molar-refractivity contribution >= 4 is 34.8 Å². The van der Waals surface area contributed by atoms with Gasteiger partial charge < -0.3 is 20.4 Å². The van der Waals surface area contributed by atoms with Gasteiger partial charge in [-0.15, -0.1) is 0 Å². The Hall–Kier alpha value is -4.39. The van der Waals surface area contributed by atoms with Crippen LogP contribution in [-0.2, 0) is 9.59 Å². The topological polar surface area (TPSA) is 81.8 Å². The molecular formula is C30H32N4O3. The second kappa shape index (κ2) is 11.6. The minimum Gasteiger partial charge on any atom is -0.342 e. The molecule has 7 nitrogen and oxygen atoms in total. The molecule has 37 heavy (non-hydrogen) atoms. The van der Waals surface area contributed by atoms with E-state index in [1.165, 1.54) is 4.90 Å². The monoisotopic (exact) mass is 496 g/mol. The lowest BCUT2D eigenvalue weighted by Gasteiger charge is -2.28. The van der Waals surface area contributed by atoms with E-state index in [9.17, 15) is 14.4 Å². The zero-order valence-corrected chi connectivity index (χ0v) is 21.4. The van der Waals surface area contributed by atoms with E-state index in [0.717, 1.165) is 22.3 Å². The molecular weight excluding hydrogens is 464 g/mol. The summed E-state index contributed by atoms with van der Waals surface area (Å²) in [5.41, 5.74) is 4.80. The van der Waals surface area contributed by atoms with Gasteiger partial charge >= 0.3 is 6.03 Å². The zero-order valence-electron chi connectivity index (χ0n) is 21.4. The fourth-order valence-corrected chi connectivity index (χ4v) is 4.53. The van der Waals surface area contributed by atoms with Crippen LogP contribution in [0.5, 0.6) is 0 Å². The summed E-state index contributed by atoms with van der Waals surface area (Å²) in [6.45, 7) is 6.74. The Morgan fingerprint density at radius 2 is 1.62 bits per heavy atom. The summed E-state index contributed by atoms with van der Waals surface area (Å²) in [5, 5.41) is 5.64. The van der Waals surface area contributed by atoms with Gasteiger partial charge in [-0.05, 0) is 61.7 Å². The highest BCUT2D eigenvalue weighted by Crippen LogP contribution is 2.35. The highest BCUT2D eigenvalue weighted by atomic mass is 16.2. The molecule has 1 aliphatic heterocycles. The number of amides is 4. The molecule has 1 heterocycles. The van der Waals surface area contributed by atoms with E-state index in [1.54, 1.807) is 17.0 Å². The minimum absolute atomic E-state index is 0.120. The standard InChI is InChI=1S/C30H32N4O3/c1-4-33(5-2)28(35)20-34-27-17-10-9-16-24(27)25(22-13-7-6-8-14-22)19-26(29(34)36)32-30(37)31-23-15-11-12-21(3)18-23/h6-19,26H,4-5,20H2,1-3H3,(H2,31,32,37). The average Bonchev–Trinajstić information content (AvgIpc) is 3.00. The van der Waals surface area contributed by atoms with Gasteiger partial charge in [0.15, 0.2) is 0 Å². The summed E-state index contributed by atoms with van der Waals surface area (Å²) in [7, 11) is 0. The van der Waals surface area contributed by atoms with E-state index in [0.29, 0.717) is 24.5 Å². The van der Waals surface area contributed by atoms with Gasteiger partial charge in [-0.3, -0.25) is 9.59 Å². The molecule has 0 saturated carbocycles. The van der Waals surface area contributed by atoms with E-state index < -0.39 is 12.1 Å². The van der Waals surface area contributed by atoms with Crippen LogP contribution in [0.25, 0.3) is 5.57 Å². The van der Waals surface area contributed by atoms with Gasteiger partial charge in [-0.2, -0.15) is 0 Å². The van der Waals surface area contributed by atoms with Crippen LogP contribution in [0.3, 0.4) is 0 Å². The molecule has 2 N–H and O–H groups in total. The van der Waals surface area contributed by atoms with Crippen molar-refractivity contribution in [1.29, 1.82) is 0 Å². The Morgan fingerprint density at radius 1 is 0.919 bits per heavy atom. The maximum absolute atomic E-state index is 13.9. The first-order chi connectivity index (χ1) is 17.9. The van der Waals surface area contributed by atoms with E-state index in [1.807, 2.05) is 93.6 Å². The van der Waals surface area contributed by atoms with Gasteiger partial charge in [-0.1, -0.05) is 60.7 Å². The van der Waals surface area contributed by atoms with E-state index in [-0.39, 0.29) is 18.4 Å². The van der Waals surface area contributed by atoms with Crippen LogP contribution in [0.2, 0.25) is 0 Å². The van der Waals surface area contributed by atoms with E-state index in [4.69, 9.17) is 0 Å². The quantitative estimate of drug-likeness (QED) is 0.492. The second-order valence-corrected chi connectivity index (χ2v) is 8.90. The molecule has 3 aromatic carbocycles. The number of nitrogens with zero attached hydrogens (tertiary/aromatic N) is 2. The highest BCUT2D eigenvalue weighted by Gasteiger charge is 2.33. The number of nitrogens with one attached hydrogen (secondary N) is 2. The lowest BCUT2D eigenvalue weighted by atomic mass is 9.95. The number of hydrogen-bond donors (Lipinski definition) is 2. The second-order valence-electron chi connectivity index (χ2n) is 8.90.